The molecular formula is C15H21ClN2O2. The van der Waals surface area contributed by atoms with Crippen molar-refractivity contribution in [1.82, 2.24) is 10.2 Å². The molecule has 3 rings (SSSR count). The van der Waals surface area contributed by atoms with Gasteiger partial charge >= 0.3 is 0 Å². The lowest BCUT2D eigenvalue weighted by molar-refractivity contribution is -0.122. The molecule has 1 saturated carbocycles. The van der Waals surface area contributed by atoms with Gasteiger partial charge in [0.2, 0.25) is 5.91 Å². The van der Waals surface area contributed by atoms with Gasteiger partial charge in [-0.05, 0) is 68.4 Å². The fourth-order valence-electron chi connectivity index (χ4n) is 2.74. The number of hydrogen-bond acceptors (Lipinski definition) is 3. The molecule has 0 unspecified atom stereocenters. The summed E-state index contributed by atoms with van der Waals surface area (Å²) < 4.78 is 5.39. The SMILES string of the molecule is O=C(NCC1CCN(Cc2ccc(Cl)o2)CC1)C1CC1. The number of rotatable bonds is 5. The van der Waals surface area contributed by atoms with Gasteiger partial charge in [0.15, 0.2) is 5.22 Å². The minimum Gasteiger partial charge on any atom is -0.448 e. The highest BCUT2D eigenvalue weighted by molar-refractivity contribution is 6.28. The monoisotopic (exact) mass is 296 g/mol. The fourth-order valence-corrected chi connectivity index (χ4v) is 2.90. The molecule has 4 nitrogen and oxygen atoms in total. The second-order valence-electron chi connectivity index (χ2n) is 5.94. The van der Waals surface area contributed by atoms with E-state index in [1.54, 1.807) is 6.07 Å². The highest BCUT2D eigenvalue weighted by Crippen LogP contribution is 2.29. The van der Waals surface area contributed by atoms with Crippen LogP contribution >= 0.6 is 11.6 Å². The van der Waals surface area contributed by atoms with E-state index in [2.05, 4.69) is 10.2 Å². The molecule has 0 radical (unpaired) electrons. The molecular weight excluding hydrogens is 276 g/mol. The van der Waals surface area contributed by atoms with Gasteiger partial charge in [-0.1, -0.05) is 0 Å². The first-order chi connectivity index (χ1) is 9.70. The van der Waals surface area contributed by atoms with E-state index >= 15 is 0 Å². The van der Waals surface area contributed by atoms with Gasteiger partial charge in [0.05, 0.1) is 6.54 Å². The lowest BCUT2D eigenvalue weighted by Gasteiger charge is -2.31. The summed E-state index contributed by atoms with van der Waals surface area (Å²) in [6, 6.07) is 3.72. The first-order valence-electron chi connectivity index (χ1n) is 7.45. The molecule has 0 spiro atoms. The highest BCUT2D eigenvalue weighted by atomic mass is 35.5. The van der Waals surface area contributed by atoms with E-state index < -0.39 is 0 Å². The summed E-state index contributed by atoms with van der Waals surface area (Å²) in [6.07, 6.45) is 4.44. The van der Waals surface area contributed by atoms with Crippen LogP contribution in [0.5, 0.6) is 0 Å². The van der Waals surface area contributed by atoms with Gasteiger partial charge in [0.25, 0.3) is 0 Å². The summed E-state index contributed by atoms with van der Waals surface area (Å²) >= 11 is 5.78. The summed E-state index contributed by atoms with van der Waals surface area (Å²) in [5.41, 5.74) is 0. The Hall–Kier alpha value is -1.00. The first kappa shape index (κ1) is 14.0. The van der Waals surface area contributed by atoms with E-state index in [4.69, 9.17) is 16.0 Å². The number of amides is 1. The second-order valence-corrected chi connectivity index (χ2v) is 6.32. The van der Waals surface area contributed by atoms with Crippen LogP contribution in [0.3, 0.4) is 0 Å². The first-order valence-corrected chi connectivity index (χ1v) is 7.83. The van der Waals surface area contributed by atoms with Gasteiger partial charge in [0, 0.05) is 12.5 Å². The van der Waals surface area contributed by atoms with Crippen molar-refractivity contribution in [1.29, 1.82) is 0 Å². The minimum absolute atomic E-state index is 0.262. The molecule has 1 saturated heterocycles. The standard InChI is InChI=1S/C15H21ClN2O2/c16-14-4-3-13(20-14)10-18-7-5-11(6-8-18)9-17-15(19)12-1-2-12/h3-4,11-12H,1-2,5-10H2,(H,17,19). The highest BCUT2D eigenvalue weighted by Gasteiger charge is 2.30. The lowest BCUT2D eigenvalue weighted by Crippen LogP contribution is -2.38. The van der Waals surface area contributed by atoms with E-state index in [1.165, 1.54) is 0 Å². The number of likely N-dealkylation sites (tertiary alicyclic amines) is 1. The number of halogens is 1. The zero-order valence-electron chi connectivity index (χ0n) is 11.6. The summed E-state index contributed by atoms with van der Waals surface area (Å²) in [5.74, 6) is 2.13. The smallest absolute Gasteiger partial charge is 0.223 e. The Kier molecular flexibility index (Phi) is 4.32. The van der Waals surface area contributed by atoms with Crippen LogP contribution in [-0.2, 0) is 11.3 Å². The third-order valence-corrected chi connectivity index (χ3v) is 4.43. The molecule has 1 aromatic heterocycles. The van der Waals surface area contributed by atoms with E-state index in [0.717, 1.165) is 57.6 Å². The summed E-state index contributed by atoms with van der Waals surface area (Å²) in [7, 11) is 0. The Morgan fingerprint density at radius 3 is 2.65 bits per heavy atom. The lowest BCUT2D eigenvalue weighted by atomic mass is 9.96. The molecule has 1 aliphatic carbocycles. The Bertz CT molecular complexity index is 462. The number of carbonyl (C=O) groups excluding carboxylic acids is 1. The third kappa shape index (κ3) is 3.76. The van der Waals surface area contributed by atoms with Gasteiger partial charge < -0.3 is 9.73 Å². The van der Waals surface area contributed by atoms with Crippen LogP contribution in [0, 0.1) is 11.8 Å². The minimum atomic E-state index is 0.262. The molecule has 110 valence electrons. The fraction of sp³-hybridized carbons (Fsp3) is 0.667. The van der Waals surface area contributed by atoms with E-state index in [1.807, 2.05) is 6.07 Å². The molecule has 0 atom stereocenters. The van der Waals surface area contributed by atoms with Crippen LogP contribution in [0.2, 0.25) is 5.22 Å². The summed E-state index contributed by atoms with van der Waals surface area (Å²) in [5, 5.41) is 3.54. The molecule has 0 aromatic carbocycles. The Balaban J connectivity index is 1.37. The number of piperidine rings is 1. The van der Waals surface area contributed by atoms with Crippen LogP contribution in [-0.4, -0.2) is 30.4 Å². The van der Waals surface area contributed by atoms with Crippen molar-refractivity contribution in [2.45, 2.75) is 32.2 Å². The van der Waals surface area contributed by atoms with Crippen LogP contribution in [0.15, 0.2) is 16.5 Å². The number of hydrogen-bond donors (Lipinski definition) is 1. The molecule has 2 heterocycles. The van der Waals surface area contributed by atoms with Crippen molar-refractivity contribution in [2.75, 3.05) is 19.6 Å². The van der Waals surface area contributed by atoms with E-state index in [9.17, 15) is 4.79 Å². The van der Waals surface area contributed by atoms with Crippen molar-refractivity contribution in [3.63, 3.8) is 0 Å². The molecule has 2 fully saturated rings. The molecule has 2 aliphatic rings. The van der Waals surface area contributed by atoms with Crippen LogP contribution < -0.4 is 5.32 Å². The Morgan fingerprint density at radius 2 is 2.05 bits per heavy atom. The zero-order valence-corrected chi connectivity index (χ0v) is 12.4. The zero-order chi connectivity index (χ0) is 13.9. The topological polar surface area (TPSA) is 45.5 Å². The normalized spacial score (nSPS) is 21.1. The van der Waals surface area contributed by atoms with Gasteiger partial charge in [0.1, 0.15) is 5.76 Å². The summed E-state index contributed by atoms with van der Waals surface area (Å²) in [4.78, 5) is 14.0. The average molecular weight is 297 g/mol. The van der Waals surface area contributed by atoms with Gasteiger partial charge in [-0.15, -0.1) is 0 Å². The van der Waals surface area contributed by atoms with Crippen molar-refractivity contribution in [3.8, 4) is 0 Å². The summed E-state index contributed by atoms with van der Waals surface area (Å²) in [6.45, 7) is 3.79. The molecule has 5 heteroatoms. The maximum atomic E-state index is 11.6. The van der Waals surface area contributed by atoms with Crippen molar-refractivity contribution < 1.29 is 9.21 Å². The van der Waals surface area contributed by atoms with Crippen molar-refractivity contribution in [3.05, 3.63) is 23.1 Å². The van der Waals surface area contributed by atoms with Gasteiger partial charge in [-0.3, -0.25) is 9.69 Å². The maximum absolute atomic E-state index is 11.6. The predicted molar refractivity (Wildman–Crippen MR) is 77.5 cm³/mol. The second kappa shape index (κ2) is 6.19. The Morgan fingerprint density at radius 1 is 1.30 bits per heavy atom. The van der Waals surface area contributed by atoms with Gasteiger partial charge in [-0.25, -0.2) is 0 Å². The van der Waals surface area contributed by atoms with Crippen LogP contribution in [0.25, 0.3) is 0 Å². The molecule has 0 bridgehead atoms. The number of furan rings is 1. The molecule has 1 amide bonds. The van der Waals surface area contributed by atoms with E-state index in [-0.39, 0.29) is 5.91 Å². The van der Waals surface area contributed by atoms with Crippen molar-refractivity contribution in [2.24, 2.45) is 11.8 Å². The molecule has 20 heavy (non-hydrogen) atoms. The van der Waals surface area contributed by atoms with Crippen LogP contribution in [0.4, 0.5) is 0 Å². The van der Waals surface area contributed by atoms with Crippen molar-refractivity contribution >= 4 is 17.5 Å². The molecule has 1 aromatic rings. The van der Waals surface area contributed by atoms with Crippen LogP contribution in [0.1, 0.15) is 31.4 Å². The quantitative estimate of drug-likeness (QED) is 0.908. The average Bonchev–Trinajstić information content (AvgIpc) is 3.22. The largest absolute Gasteiger partial charge is 0.448 e. The third-order valence-electron chi connectivity index (χ3n) is 4.23. The Labute approximate surface area is 124 Å². The number of nitrogens with one attached hydrogen (secondary N) is 1. The number of carbonyl (C=O) groups is 1. The number of nitrogens with zero attached hydrogens (tertiary/aromatic N) is 1. The molecule has 1 aliphatic heterocycles. The van der Waals surface area contributed by atoms with E-state index in [0.29, 0.717) is 17.1 Å². The maximum Gasteiger partial charge on any atom is 0.223 e. The predicted octanol–water partition coefficient (Wildman–Crippen LogP) is 2.67. The van der Waals surface area contributed by atoms with Gasteiger partial charge in [-0.2, -0.15) is 0 Å². The molecule has 1 N–H and O–H groups in total.